The van der Waals surface area contributed by atoms with E-state index in [1.165, 1.54) is 0 Å². The van der Waals surface area contributed by atoms with Crippen molar-refractivity contribution in [3.05, 3.63) is 48.5 Å². The van der Waals surface area contributed by atoms with Gasteiger partial charge in [0.1, 0.15) is 0 Å². The second kappa shape index (κ2) is 4.17. The molecule has 3 aromatic rings. The zero-order chi connectivity index (χ0) is 8.67. The van der Waals surface area contributed by atoms with Crippen molar-refractivity contribution in [2.24, 2.45) is 0 Å². The topological polar surface area (TPSA) is 13.1 Å². The molecule has 0 spiro atoms. The van der Waals surface area contributed by atoms with Gasteiger partial charge >= 0.3 is 51.4 Å². The number of benzene rings is 2. The summed E-state index contributed by atoms with van der Waals surface area (Å²) in [6, 6.07) is 17.0. The Morgan fingerprint density at radius 2 is 1.71 bits per heavy atom. The number of fused-ring (bicyclic) bond motifs is 3. The molecule has 0 saturated carbocycles. The molecule has 0 atom stereocenters. The minimum absolute atomic E-state index is 0. The van der Waals surface area contributed by atoms with Crippen LogP contribution in [0, 0.1) is 6.07 Å². The van der Waals surface area contributed by atoms with Crippen molar-refractivity contribution in [3.63, 3.8) is 0 Å². The van der Waals surface area contributed by atoms with Crippen molar-refractivity contribution >= 4 is 21.9 Å². The van der Waals surface area contributed by atoms with E-state index < -0.39 is 0 Å². The SMILES string of the molecule is [K+].[c-]1cccc2oc3ccccc3c12. The Balaban J connectivity index is 0.000000750. The molecule has 2 aromatic carbocycles. The van der Waals surface area contributed by atoms with Gasteiger partial charge in [-0.1, -0.05) is 29.0 Å². The van der Waals surface area contributed by atoms with E-state index in [1.54, 1.807) is 0 Å². The molecule has 0 amide bonds. The molecule has 3 rings (SSSR count). The van der Waals surface area contributed by atoms with Crippen LogP contribution in [-0.4, -0.2) is 0 Å². The monoisotopic (exact) mass is 206 g/mol. The van der Waals surface area contributed by atoms with Crippen LogP contribution in [-0.2, 0) is 0 Å². The zero-order valence-electron chi connectivity index (χ0n) is 7.95. The number of furan rings is 1. The van der Waals surface area contributed by atoms with Gasteiger partial charge in [0.2, 0.25) is 0 Å². The average Bonchev–Trinajstić information content (AvgIpc) is 2.56. The van der Waals surface area contributed by atoms with Crippen LogP contribution in [0.2, 0.25) is 0 Å². The number of hydrogen-bond donors (Lipinski definition) is 0. The minimum Gasteiger partial charge on any atom is -0.510 e. The van der Waals surface area contributed by atoms with Crippen LogP contribution in [0.5, 0.6) is 0 Å². The third-order valence-corrected chi connectivity index (χ3v) is 2.19. The molecule has 1 heterocycles. The van der Waals surface area contributed by atoms with E-state index in [1.807, 2.05) is 36.4 Å². The molecule has 1 nitrogen and oxygen atoms in total. The van der Waals surface area contributed by atoms with Gasteiger partial charge in [0.15, 0.2) is 0 Å². The fourth-order valence-electron chi connectivity index (χ4n) is 1.60. The van der Waals surface area contributed by atoms with E-state index in [4.69, 9.17) is 4.42 Å². The van der Waals surface area contributed by atoms with Gasteiger partial charge in [-0.15, -0.1) is 24.3 Å². The summed E-state index contributed by atoms with van der Waals surface area (Å²) in [6.45, 7) is 0. The zero-order valence-corrected chi connectivity index (χ0v) is 11.1. The van der Waals surface area contributed by atoms with Crippen molar-refractivity contribution in [2.75, 3.05) is 0 Å². The Kier molecular flexibility index (Phi) is 3.09. The molecule has 0 aliphatic rings. The molecular formula is C12H7KO. The molecule has 0 aliphatic heterocycles. The van der Waals surface area contributed by atoms with Crippen LogP contribution >= 0.6 is 0 Å². The Morgan fingerprint density at radius 1 is 0.929 bits per heavy atom. The van der Waals surface area contributed by atoms with Gasteiger partial charge in [0.05, 0.1) is 5.58 Å². The fourth-order valence-corrected chi connectivity index (χ4v) is 1.60. The maximum absolute atomic E-state index is 5.62. The van der Waals surface area contributed by atoms with Gasteiger partial charge in [0, 0.05) is 5.58 Å². The Hall–Kier alpha value is -0.124. The first-order valence-corrected chi connectivity index (χ1v) is 4.23. The third kappa shape index (κ3) is 1.57. The maximum Gasteiger partial charge on any atom is 1.00 e. The molecular weight excluding hydrogens is 199 g/mol. The maximum atomic E-state index is 5.62. The van der Waals surface area contributed by atoms with Crippen molar-refractivity contribution in [1.82, 2.24) is 0 Å². The smallest absolute Gasteiger partial charge is 0.510 e. The van der Waals surface area contributed by atoms with Gasteiger partial charge in [-0.25, -0.2) is 0 Å². The van der Waals surface area contributed by atoms with Crippen LogP contribution in [0.15, 0.2) is 46.9 Å². The van der Waals surface area contributed by atoms with E-state index in [0.717, 1.165) is 21.9 Å². The summed E-state index contributed by atoms with van der Waals surface area (Å²) in [5.41, 5.74) is 1.84. The Labute approximate surface area is 125 Å². The fraction of sp³-hybridized carbons (Fsp3) is 0. The van der Waals surface area contributed by atoms with E-state index in [9.17, 15) is 0 Å². The second-order valence-corrected chi connectivity index (χ2v) is 3.01. The standard InChI is InChI=1S/C12H7O.K/c1-3-7-11-9(5-1)10-6-2-4-8-12(10)13-11;/h1-5,7-8H;/q-1;+1. The first-order valence-electron chi connectivity index (χ1n) is 4.23. The van der Waals surface area contributed by atoms with Crippen LogP contribution in [0.3, 0.4) is 0 Å². The Morgan fingerprint density at radius 3 is 2.64 bits per heavy atom. The van der Waals surface area contributed by atoms with E-state index >= 15 is 0 Å². The molecule has 2 heteroatoms. The molecule has 1 aromatic heterocycles. The van der Waals surface area contributed by atoms with Crippen molar-refractivity contribution in [2.45, 2.75) is 0 Å². The van der Waals surface area contributed by atoms with Crippen molar-refractivity contribution in [1.29, 1.82) is 0 Å². The average molecular weight is 206 g/mol. The van der Waals surface area contributed by atoms with Gasteiger partial charge in [-0.05, 0) is 6.07 Å². The molecule has 0 saturated heterocycles. The first kappa shape index (κ1) is 10.4. The van der Waals surface area contributed by atoms with E-state index in [0.29, 0.717) is 0 Å². The van der Waals surface area contributed by atoms with Crippen molar-refractivity contribution < 1.29 is 55.8 Å². The molecule has 0 aliphatic carbocycles. The first-order chi connectivity index (χ1) is 6.45. The van der Waals surface area contributed by atoms with Crippen LogP contribution < -0.4 is 51.4 Å². The summed E-state index contributed by atoms with van der Waals surface area (Å²) in [6.07, 6.45) is 0. The van der Waals surface area contributed by atoms with Gasteiger partial charge in [-0.3, -0.25) is 0 Å². The van der Waals surface area contributed by atoms with Crippen LogP contribution in [0.1, 0.15) is 0 Å². The number of hydrogen-bond acceptors (Lipinski definition) is 1. The van der Waals surface area contributed by atoms with E-state index in [-0.39, 0.29) is 51.4 Å². The minimum atomic E-state index is 0. The molecule has 14 heavy (non-hydrogen) atoms. The number of para-hydroxylation sites is 1. The summed E-state index contributed by atoms with van der Waals surface area (Å²) >= 11 is 0. The number of rotatable bonds is 0. The second-order valence-electron chi connectivity index (χ2n) is 3.01. The van der Waals surface area contributed by atoms with E-state index in [2.05, 4.69) is 12.1 Å². The summed E-state index contributed by atoms with van der Waals surface area (Å²) in [4.78, 5) is 0. The van der Waals surface area contributed by atoms with Crippen LogP contribution in [0.25, 0.3) is 21.9 Å². The predicted octanol–water partition coefficient (Wildman–Crippen LogP) is 0.390. The van der Waals surface area contributed by atoms with Crippen molar-refractivity contribution in [3.8, 4) is 0 Å². The quantitative estimate of drug-likeness (QED) is 0.383. The molecule has 62 valence electrons. The summed E-state index contributed by atoms with van der Waals surface area (Å²) in [5, 5.41) is 2.20. The summed E-state index contributed by atoms with van der Waals surface area (Å²) in [7, 11) is 0. The largest absolute Gasteiger partial charge is 1.00 e. The summed E-state index contributed by atoms with van der Waals surface area (Å²) < 4.78 is 5.62. The molecule has 0 bridgehead atoms. The van der Waals surface area contributed by atoms with Crippen LogP contribution in [0.4, 0.5) is 0 Å². The van der Waals surface area contributed by atoms with Gasteiger partial charge < -0.3 is 4.42 Å². The Bertz CT molecular complexity index is 518. The molecule has 0 unspecified atom stereocenters. The third-order valence-electron chi connectivity index (χ3n) is 2.19. The molecule has 0 N–H and O–H groups in total. The molecule has 0 fully saturated rings. The molecule has 0 radical (unpaired) electrons. The summed E-state index contributed by atoms with van der Waals surface area (Å²) in [5.74, 6) is 0. The predicted molar refractivity (Wildman–Crippen MR) is 52.6 cm³/mol. The van der Waals surface area contributed by atoms with Gasteiger partial charge in [-0.2, -0.15) is 0 Å². The normalized spacial score (nSPS) is 10.3. The van der Waals surface area contributed by atoms with Gasteiger partial charge in [0.25, 0.3) is 0 Å².